The third-order valence-corrected chi connectivity index (χ3v) is 2.60. The minimum Gasteiger partial charge on any atom is -0.504 e. The minimum absolute atomic E-state index is 0.0853. The Morgan fingerprint density at radius 2 is 1.65 bits per heavy atom. The van der Waals surface area contributed by atoms with Crippen LogP contribution >= 0.6 is 0 Å². The molecule has 3 N–H and O–H groups in total. The number of nitrogens with one attached hydrogen (secondary N) is 1. The van der Waals surface area contributed by atoms with Gasteiger partial charge in [0.15, 0.2) is 11.5 Å². The first-order valence-corrected chi connectivity index (χ1v) is 5.58. The quantitative estimate of drug-likeness (QED) is 0.708. The van der Waals surface area contributed by atoms with E-state index in [2.05, 4.69) is 5.32 Å². The van der Waals surface area contributed by atoms with Crippen LogP contribution in [-0.2, 0) is 0 Å². The van der Waals surface area contributed by atoms with Crippen LogP contribution in [0.3, 0.4) is 0 Å². The second-order valence-electron chi connectivity index (χ2n) is 3.75. The third kappa shape index (κ3) is 2.18. The fourth-order valence-electron chi connectivity index (χ4n) is 1.81. The number of aromatic hydroxyl groups is 2. The highest BCUT2D eigenvalue weighted by Crippen LogP contribution is 2.39. The van der Waals surface area contributed by atoms with Gasteiger partial charge < -0.3 is 15.5 Å². The highest BCUT2D eigenvalue weighted by atomic mass is 16.3. The second-order valence-corrected chi connectivity index (χ2v) is 3.75. The van der Waals surface area contributed by atoms with E-state index >= 15 is 0 Å². The first kappa shape index (κ1) is 11.3. The van der Waals surface area contributed by atoms with Crippen LogP contribution in [0.25, 0.3) is 11.1 Å². The monoisotopic (exact) mass is 229 g/mol. The Balaban J connectivity index is 2.56. The summed E-state index contributed by atoms with van der Waals surface area (Å²) in [5, 5.41) is 22.6. The molecule has 0 heterocycles. The summed E-state index contributed by atoms with van der Waals surface area (Å²) in [6.07, 6.45) is 0. The van der Waals surface area contributed by atoms with Crippen molar-refractivity contribution in [1.29, 1.82) is 0 Å². The number of benzene rings is 2. The molecule has 17 heavy (non-hydrogen) atoms. The van der Waals surface area contributed by atoms with Gasteiger partial charge >= 0.3 is 0 Å². The molecule has 0 amide bonds. The van der Waals surface area contributed by atoms with Crippen molar-refractivity contribution >= 4 is 5.69 Å². The summed E-state index contributed by atoms with van der Waals surface area (Å²) in [6, 6.07) is 12.7. The Hall–Kier alpha value is -2.16. The summed E-state index contributed by atoms with van der Waals surface area (Å²) < 4.78 is 0. The van der Waals surface area contributed by atoms with Crippen LogP contribution in [0.4, 0.5) is 5.69 Å². The molecule has 3 nitrogen and oxygen atoms in total. The molecule has 0 aliphatic carbocycles. The van der Waals surface area contributed by atoms with Crippen molar-refractivity contribution in [3.63, 3.8) is 0 Å². The molecule has 2 aromatic rings. The standard InChI is InChI=1S/C14H15NO2/c1-2-15-12-8-4-3-6-10(12)11-7-5-9-13(16)14(11)17/h3-9,15-17H,2H2,1H3. The Kier molecular flexibility index (Phi) is 3.19. The molecule has 88 valence electrons. The van der Waals surface area contributed by atoms with Gasteiger partial charge in [-0.15, -0.1) is 0 Å². The number of hydrogen-bond donors (Lipinski definition) is 3. The molecule has 2 rings (SSSR count). The van der Waals surface area contributed by atoms with E-state index in [1.807, 2.05) is 31.2 Å². The molecule has 0 aliphatic heterocycles. The van der Waals surface area contributed by atoms with E-state index in [9.17, 15) is 10.2 Å². The third-order valence-electron chi connectivity index (χ3n) is 2.60. The van der Waals surface area contributed by atoms with Crippen LogP contribution < -0.4 is 5.32 Å². The second kappa shape index (κ2) is 4.78. The van der Waals surface area contributed by atoms with E-state index in [-0.39, 0.29) is 11.5 Å². The van der Waals surface area contributed by atoms with Crippen molar-refractivity contribution in [1.82, 2.24) is 0 Å². The molecular formula is C14H15NO2. The Morgan fingerprint density at radius 1 is 0.941 bits per heavy atom. The molecule has 0 bridgehead atoms. The normalized spacial score (nSPS) is 10.2. The molecule has 0 unspecified atom stereocenters. The number of hydrogen-bond acceptors (Lipinski definition) is 3. The lowest BCUT2D eigenvalue weighted by Crippen LogP contribution is -1.98. The first-order valence-electron chi connectivity index (χ1n) is 5.58. The molecule has 0 aromatic heterocycles. The van der Waals surface area contributed by atoms with Crippen molar-refractivity contribution < 1.29 is 10.2 Å². The Morgan fingerprint density at radius 3 is 2.41 bits per heavy atom. The van der Waals surface area contributed by atoms with Crippen LogP contribution in [0.2, 0.25) is 0 Å². The maximum Gasteiger partial charge on any atom is 0.165 e. The van der Waals surface area contributed by atoms with E-state index in [1.54, 1.807) is 12.1 Å². The van der Waals surface area contributed by atoms with Gasteiger partial charge in [0.2, 0.25) is 0 Å². The molecule has 3 heteroatoms. The summed E-state index contributed by atoms with van der Waals surface area (Å²) >= 11 is 0. The van der Waals surface area contributed by atoms with E-state index in [0.717, 1.165) is 17.8 Å². The van der Waals surface area contributed by atoms with E-state index in [4.69, 9.17) is 0 Å². The predicted octanol–water partition coefficient (Wildman–Crippen LogP) is 3.20. The zero-order valence-electron chi connectivity index (χ0n) is 9.64. The highest BCUT2D eigenvalue weighted by molar-refractivity contribution is 5.82. The largest absolute Gasteiger partial charge is 0.504 e. The molecular weight excluding hydrogens is 214 g/mol. The van der Waals surface area contributed by atoms with Crippen LogP contribution in [0.5, 0.6) is 11.5 Å². The van der Waals surface area contributed by atoms with Crippen LogP contribution in [0.1, 0.15) is 6.92 Å². The molecule has 0 spiro atoms. The summed E-state index contributed by atoms with van der Waals surface area (Å²) in [6.45, 7) is 2.82. The number of phenols is 2. The SMILES string of the molecule is CCNc1ccccc1-c1cccc(O)c1O. The molecule has 0 fully saturated rings. The number of rotatable bonds is 3. The molecule has 0 aliphatic rings. The van der Waals surface area contributed by atoms with E-state index < -0.39 is 0 Å². The average Bonchev–Trinajstić information content (AvgIpc) is 2.34. The van der Waals surface area contributed by atoms with Crippen molar-refractivity contribution in [2.24, 2.45) is 0 Å². The van der Waals surface area contributed by atoms with Crippen molar-refractivity contribution in [2.75, 3.05) is 11.9 Å². The maximum absolute atomic E-state index is 9.87. The van der Waals surface area contributed by atoms with Gasteiger partial charge in [-0.25, -0.2) is 0 Å². The fourth-order valence-corrected chi connectivity index (χ4v) is 1.81. The van der Waals surface area contributed by atoms with Gasteiger partial charge in [-0.2, -0.15) is 0 Å². The lowest BCUT2D eigenvalue weighted by atomic mass is 10.0. The first-order chi connectivity index (χ1) is 8.24. The Labute approximate surface area is 100 Å². The molecule has 2 aromatic carbocycles. The minimum atomic E-state index is -0.103. The average molecular weight is 229 g/mol. The lowest BCUT2D eigenvalue weighted by Gasteiger charge is -2.12. The summed E-state index contributed by atoms with van der Waals surface area (Å²) in [5.74, 6) is -0.188. The predicted molar refractivity (Wildman–Crippen MR) is 69.4 cm³/mol. The number of phenolic OH excluding ortho intramolecular Hbond substituents is 2. The van der Waals surface area contributed by atoms with E-state index in [0.29, 0.717) is 5.56 Å². The van der Waals surface area contributed by atoms with Gasteiger partial charge in [0.05, 0.1) is 0 Å². The smallest absolute Gasteiger partial charge is 0.165 e. The zero-order valence-corrected chi connectivity index (χ0v) is 9.64. The zero-order chi connectivity index (χ0) is 12.3. The fraction of sp³-hybridized carbons (Fsp3) is 0.143. The molecule has 0 saturated heterocycles. The van der Waals surface area contributed by atoms with Crippen LogP contribution in [-0.4, -0.2) is 16.8 Å². The van der Waals surface area contributed by atoms with E-state index in [1.165, 1.54) is 6.07 Å². The van der Waals surface area contributed by atoms with Gasteiger partial charge in [0, 0.05) is 23.4 Å². The van der Waals surface area contributed by atoms with Crippen molar-refractivity contribution in [3.05, 3.63) is 42.5 Å². The molecule has 0 saturated carbocycles. The maximum atomic E-state index is 9.87. The summed E-state index contributed by atoms with van der Waals surface area (Å²) in [4.78, 5) is 0. The van der Waals surface area contributed by atoms with Gasteiger partial charge in [-0.05, 0) is 19.1 Å². The topological polar surface area (TPSA) is 52.5 Å². The van der Waals surface area contributed by atoms with Gasteiger partial charge in [-0.1, -0.05) is 30.3 Å². The lowest BCUT2D eigenvalue weighted by molar-refractivity contribution is 0.405. The summed E-state index contributed by atoms with van der Waals surface area (Å²) in [5.41, 5.74) is 2.44. The van der Waals surface area contributed by atoms with Gasteiger partial charge in [0.1, 0.15) is 0 Å². The van der Waals surface area contributed by atoms with Crippen molar-refractivity contribution in [3.8, 4) is 22.6 Å². The number of anilines is 1. The molecule has 0 radical (unpaired) electrons. The molecule has 0 atom stereocenters. The summed E-state index contributed by atoms with van der Waals surface area (Å²) in [7, 11) is 0. The van der Waals surface area contributed by atoms with Gasteiger partial charge in [-0.3, -0.25) is 0 Å². The van der Waals surface area contributed by atoms with Gasteiger partial charge in [0.25, 0.3) is 0 Å². The number of para-hydroxylation sites is 2. The highest BCUT2D eigenvalue weighted by Gasteiger charge is 2.10. The van der Waals surface area contributed by atoms with Crippen LogP contribution in [0.15, 0.2) is 42.5 Å². The van der Waals surface area contributed by atoms with Crippen molar-refractivity contribution in [2.45, 2.75) is 6.92 Å². The Bertz CT molecular complexity index is 523. The van der Waals surface area contributed by atoms with Crippen LogP contribution in [0, 0.1) is 0 Å².